The molecule has 3 N–H and O–H groups in total. The van der Waals surface area contributed by atoms with E-state index in [-0.39, 0.29) is 5.91 Å². The van der Waals surface area contributed by atoms with Gasteiger partial charge in [0, 0.05) is 17.6 Å². The van der Waals surface area contributed by atoms with Crippen molar-refractivity contribution < 1.29 is 4.79 Å². The molecule has 2 aromatic rings. The van der Waals surface area contributed by atoms with Gasteiger partial charge in [-0.1, -0.05) is 19.3 Å². The zero-order chi connectivity index (χ0) is 16.3. The highest BCUT2D eigenvalue weighted by Crippen LogP contribution is 2.29. The molecule has 0 unspecified atom stereocenters. The third-order valence-corrected chi connectivity index (χ3v) is 5.25. The predicted octanol–water partition coefficient (Wildman–Crippen LogP) is 2.57. The minimum atomic E-state index is -0.718. The molecule has 7 heteroatoms. The molecule has 1 aromatic carbocycles. The van der Waals surface area contributed by atoms with Crippen LogP contribution in [0.5, 0.6) is 0 Å². The van der Waals surface area contributed by atoms with Gasteiger partial charge in [-0.2, -0.15) is 0 Å². The number of anilines is 1. The van der Waals surface area contributed by atoms with E-state index in [4.69, 9.17) is 5.73 Å². The van der Waals surface area contributed by atoms with Crippen LogP contribution >= 0.6 is 11.8 Å². The molecular formula is C16H21N5OS. The molecule has 1 aromatic heterocycles. The summed E-state index contributed by atoms with van der Waals surface area (Å²) in [6.07, 6.45) is 6.41. The molecule has 0 atom stereocenters. The molecule has 0 radical (unpaired) electrons. The Morgan fingerprint density at radius 1 is 1.26 bits per heavy atom. The number of nitrogens with zero attached hydrogens (tertiary/aromatic N) is 3. The van der Waals surface area contributed by atoms with Crippen molar-refractivity contribution >= 4 is 23.4 Å². The van der Waals surface area contributed by atoms with Gasteiger partial charge in [0.25, 0.3) is 0 Å². The maximum atomic E-state index is 12.4. The van der Waals surface area contributed by atoms with E-state index < -0.39 is 5.54 Å². The summed E-state index contributed by atoms with van der Waals surface area (Å²) in [4.78, 5) is 13.5. The summed E-state index contributed by atoms with van der Waals surface area (Å²) < 4.78 is 1.86. The minimum Gasteiger partial charge on any atom is -0.324 e. The minimum absolute atomic E-state index is 0.0779. The third kappa shape index (κ3) is 3.73. The Labute approximate surface area is 139 Å². The molecule has 1 heterocycles. The molecule has 1 fully saturated rings. The Hall–Kier alpha value is -1.86. The number of hydrogen-bond donors (Lipinski definition) is 2. The van der Waals surface area contributed by atoms with Crippen LogP contribution in [0.25, 0.3) is 0 Å². The fourth-order valence-electron chi connectivity index (χ4n) is 2.74. The fraction of sp³-hybridized carbons (Fsp3) is 0.438. The highest BCUT2D eigenvalue weighted by molar-refractivity contribution is 7.99. The molecule has 0 bridgehead atoms. The van der Waals surface area contributed by atoms with Crippen LogP contribution < -0.4 is 11.1 Å². The van der Waals surface area contributed by atoms with Gasteiger partial charge >= 0.3 is 0 Å². The molecule has 3 rings (SSSR count). The van der Waals surface area contributed by atoms with Gasteiger partial charge in [-0.15, -0.1) is 10.2 Å². The Bertz CT molecular complexity index is 676. The van der Waals surface area contributed by atoms with Gasteiger partial charge in [-0.25, -0.2) is 0 Å². The lowest BCUT2D eigenvalue weighted by atomic mass is 9.82. The number of aromatic nitrogens is 3. The average molecular weight is 331 g/mol. The zero-order valence-corrected chi connectivity index (χ0v) is 14.0. The number of rotatable bonds is 4. The average Bonchev–Trinajstić information content (AvgIpc) is 2.95. The smallest absolute Gasteiger partial charge is 0.244 e. The predicted molar refractivity (Wildman–Crippen MR) is 90.2 cm³/mol. The summed E-state index contributed by atoms with van der Waals surface area (Å²) in [5.74, 6) is -0.0779. The van der Waals surface area contributed by atoms with Gasteiger partial charge in [0.15, 0.2) is 5.16 Å². The van der Waals surface area contributed by atoms with Crippen molar-refractivity contribution in [3.8, 4) is 0 Å². The lowest BCUT2D eigenvalue weighted by molar-refractivity contribution is -0.122. The van der Waals surface area contributed by atoms with Gasteiger partial charge in [0.05, 0.1) is 5.54 Å². The second kappa shape index (κ2) is 6.72. The summed E-state index contributed by atoms with van der Waals surface area (Å²) in [5.41, 5.74) is 6.31. The lowest BCUT2D eigenvalue weighted by Crippen LogP contribution is -2.52. The first kappa shape index (κ1) is 16.0. The van der Waals surface area contributed by atoms with Crippen molar-refractivity contribution in [1.82, 2.24) is 14.8 Å². The van der Waals surface area contributed by atoms with E-state index in [1.165, 1.54) is 18.2 Å². The molecule has 1 aliphatic rings. The molecule has 122 valence electrons. The van der Waals surface area contributed by atoms with Gasteiger partial charge in [0.1, 0.15) is 6.33 Å². The maximum Gasteiger partial charge on any atom is 0.244 e. The number of amides is 1. The lowest BCUT2D eigenvalue weighted by Gasteiger charge is -2.31. The van der Waals surface area contributed by atoms with Crippen LogP contribution in [0, 0.1) is 0 Å². The van der Waals surface area contributed by atoms with Gasteiger partial charge in [0.2, 0.25) is 5.91 Å². The second-order valence-corrected chi connectivity index (χ2v) is 7.06. The van der Waals surface area contributed by atoms with E-state index in [0.29, 0.717) is 0 Å². The van der Waals surface area contributed by atoms with Crippen LogP contribution in [0.2, 0.25) is 0 Å². The van der Waals surface area contributed by atoms with Crippen molar-refractivity contribution in [3.63, 3.8) is 0 Å². The van der Waals surface area contributed by atoms with Crippen molar-refractivity contribution in [2.75, 3.05) is 5.32 Å². The van der Waals surface area contributed by atoms with Crippen molar-refractivity contribution in [3.05, 3.63) is 30.6 Å². The van der Waals surface area contributed by atoms with Gasteiger partial charge in [-0.05, 0) is 48.9 Å². The fourth-order valence-corrected chi connectivity index (χ4v) is 3.50. The number of nitrogens with two attached hydrogens (primary N) is 1. The summed E-state index contributed by atoms with van der Waals surface area (Å²) in [5, 5.41) is 11.7. The van der Waals surface area contributed by atoms with E-state index in [2.05, 4.69) is 15.5 Å². The van der Waals surface area contributed by atoms with E-state index in [1.54, 1.807) is 6.33 Å². The Balaban J connectivity index is 1.63. The Morgan fingerprint density at radius 3 is 2.57 bits per heavy atom. The first-order valence-electron chi connectivity index (χ1n) is 7.79. The quantitative estimate of drug-likeness (QED) is 0.899. The second-order valence-electron chi connectivity index (χ2n) is 6.02. The molecule has 1 aliphatic carbocycles. The van der Waals surface area contributed by atoms with E-state index in [1.807, 2.05) is 35.9 Å². The van der Waals surface area contributed by atoms with Crippen LogP contribution in [0.15, 0.2) is 40.6 Å². The Morgan fingerprint density at radius 2 is 1.96 bits per heavy atom. The van der Waals surface area contributed by atoms with Crippen molar-refractivity contribution in [2.24, 2.45) is 12.8 Å². The molecular weight excluding hydrogens is 310 g/mol. The topological polar surface area (TPSA) is 85.8 Å². The van der Waals surface area contributed by atoms with Crippen LogP contribution in [0.4, 0.5) is 5.69 Å². The largest absolute Gasteiger partial charge is 0.324 e. The number of benzene rings is 1. The molecule has 0 aliphatic heterocycles. The third-order valence-electron chi connectivity index (χ3n) is 4.19. The van der Waals surface area contributed by atoms with E-state index in [9.17, 15) is 4.79 Å². The monoisotopic (exact) mass is 331 g/mol. The summed E-state index contributed by atoms with van der Waals surface area (Å²) >= 11 is 1.53. The molecule has 0 spiro atoms. The molecule has 23 heavy (non-hydrogen) atoms. The zero-order valence-electron chi connectivity index (χ0n) is 13.2. The molecule has 1 saturated carbocycles. The first-order valence-corrected chi connectivity index (χ1v) is 8.61. The highest BCUT2D eigenvalue weighted by Gasteiger charge is 2.35. The van der Waals surface area contributed by atoms with E-state index in [0.717, 1.165) is 41.4 Å². The normalized spacial score (nSPS) is 17.0. The first-order chi connectivity index (χ1) is 11.1. The van der Waals surface area contributed by atoms with Crippen molar-refractivity contribution in [1.29, 1.82) is 0 Å². The number of carbonyl (C=O) groups is 1. The maximum absolute atomic E-state index is 12.4. The standard InChI is InChI=1S/C16H21N5OS/c1-21-11-18-20-15(21)23-13-7-5-12(6-8-13)19-14(22)16(17)9-3-2-4-10-16/h5-8,11H,2-4,9-10,17H2,1H3,(H,19,22). The van der Waals surface area contributed by atoms with E-state index >= 15 is 0 Å². The van der Waals surface area contributed by atoms with Crippen LogP contribution in [0.3, 0.4) is 0 Å². The van der Waals surface area contributed by atoms with Crippen LogP contribution in [-0.4, -0.2) is 26.2 Å². The van der Waals surface area contributed by atoms with Crippen LogP contribution in [-0.2, 0) is 11.8 Å². The summed E-state index contributed by atoms with van der Waals surface area (Å²) in [7, 11) is 1.90. The number of carbonyl (C=O) groups excluding carboxylic acids is 1. The van der Waals surface area contributed by atoms with Crippen LogP contribution in [0.1, 0.15) is 32.1 Å². The Kier molecular flexibility index (Phi) is 4.68. The van der Waals surface area contributed by atoms with Crippen molar-refractivity contribution in [2.45, 2.75) is 47.7 Å². The van der Waals surface area contributed by atoms with Gasteiger partial charge < -0.3 is 15.6 Å². The number of hydrogen-bond acceptors (Lipinski definition) is 5. The highest BCUT2D eigenvalue weighted by atomic mass is 32.2. The van der Waals surface area contributed by atoms with Gasteiger partial charge in [-0.3, -0.25) is 4.79 Å². The SMILES string of the molecule is Cn1cnnc1Sc1ccc(NC(=O)C2(N)CCCCC2)cc1. The molecule has 1 amide bonds. The number of nitrogens with one attached hydrogen (secondary N) is 1. The summed E-state index contributed by atoms with van der Waals surface area (Å²) in [6, 6.07) is 7.70. The molecule has 0 saturated heterocycles. The molecule has 6 nitrogen and oxygen atoms in total. The number of aryl methyl sites for hydroxylation is 1. The summed E-state index contributed by atoms with van der Waals surface area (Å²) in [6.45, 7) is 0.